The van der Waals surface area contributed by atoms with E-state index in [0.29, 0.717) is 13.0 Å². The summed E-state index contributed by atoms with van der Waals surface area (Å²) in [5, 5.41) is 0. The van der Waals surface area contributed by atoms with Crippen LogP contribution in [0.1, 0.15) is 55.1 Å². The largest absolute Gasteiger partial charge is 0.466 e. The van der Waals surface area contributed by atoms with Crippen LogP contribution in [-0.4, -0.2) is 18.4 Å². The molecule has 1 aliphatic carbocycles. The molecular weight excluding hydrogens is 264 g/mol. The highest BCUT2D eigenvalue weighted by molar-refractivity contribution is 6.02. The third-order valence-electron chi connectivity index (χ3n) is 4.43. The zero-order valence-electron chi connectivity index (χ0n) is 13.1. The number of fused-ring (bicyclic) bond motifs is 1. The summed E-state index contributed by atoms with van der Waals surface area (Å²) >= 11 is 0. The first-order valence-corrected chi connectivity index (χ1v) is 7.93. The van der Waals surface area contributed by atoms with E-state index in [1.807, 2.05) is 32.0 Å². The van der Waals surface area contributed by atoms with Crippen LogP contribution in [0.2, 0.25) is 0 Å². The molecule has 0 heterocycles. The van der Waals surface area contributed by atoms with Crippen LogP contribution in [0, 0.1) is 11.8 Å². The number of rotatable bonds is 6. The fourth-order valence-corrected chi connectivity index (χ4v) is 3.11. The van der Waals surface area contributed by atoms with Crippen molar-refractivity contribution in [2.24, 2.45) is 11.8 Å². The summed E-state index contributed by atoms with van der Waals surface area (Å²) in [4.78, 5) is 24.3. The molecule has 21 heavy (non-hydrogen) atoms. The van der Waals surface area contributed by atoms with E-state index >= 15 is 0 Å². The molecule has 2 atom stereocenters. The zero-order chi connectivity index (χ0) is 15.4. The van der Waals surface area contributed by atoms with Gasteiger partial charge in [0.25, 0.3) is 0 Å². The fourth-order valence-electron chi connectivity index (χ4n) is 3.11. The number of ketones is 1. The van der Waals surface area contributed by atoms with Crippen molar-refractivity contribution in [1.29, 1.82) is 0 Å². The third kappa shape index (κ3) is 3.17. The molecule has 0 saturated carbocycles. The van der Waals surface area contributed by atoms with Gasteiger partial charge < -0.3 is 4.74 Å². The number of carbonyl (C=O) groups is 2. The second-order valence-corrected chi connectivity index (χ2v) is 5.68. The summed E-state index contributed by atoms with van der Waals surface area (Å²) in [5.41, 5.74) is 3.15. The summed E-state index contributed by atoms with van der Waals surface area (Å²) in [6, 6.07) is 5.90. The first-order chi connectivity index (χ1) is 10.1. The molecule has 3 heteroatoms. The topological polar surface area (TPSA) is 43.4 Å². The molecule has 1 aromatic carbocycles. The van der Waals surface area contributed by atoms with Crippen LogP contribution in [0.15, 0.2) is 18.2 Å². The van der Waals surface area contributed by atoms with Crippen molar-refractivity contribution in [3.05, 3.63) is 34.9 Å². The number of hydrogen-bond donors (Lipinski definition) is 0. The maximum absolute atomic E-state index is 12.3. The van der Waals surface area contributed by atoms with Crippen LogP contribution in [0.3, 0.4) is 0 Å². The van der Waals surface area contributed by atoms with Gasteiger partial charge in [0, 0.05) is 11.5 Å². The van der Waals surface area contributed by atoms with E-state index in [2.05, 4.69) is 6.92 Å². The van der Waals surface area contributed by atoms with Crippen LogP contribution in [0.25, 0.3) is 0 Å². The van der Waals surface area contributed by atoms with Gasteiger partial charge in [-0.2, -0.15) is 0 Å². The van der Waals surface area contributed by atoms with Gasteiger partial charge in [-0.05, 0) is 43.7 Å². The smallest absolute Gasteiger partial charge is 0.309 e. The molecule has 2 rings (SSSR count). The van der Waals surface area contributed by atoms with E-state index in [4.69, 9.17) is 4.74 Å². The van der Waals surface area contributed by atoms with Gasteiger partial charge in [-0.3, -0.25) is 9.59 Å². The minimum Gasteiger partial charge on any atom is -0.466 e. The maximum Gasteiger partial charge on any atom is 0.309 e. The van der Waals surface area contributed by atoms with Gasteiger partial charge in [0.2, 0.25) is 0 Å². The minimum absolute atomic E-state index is 0.115. The van der Waals surface area contributed by atoms with Gasteiger partial charge in [-0.1, -0.05) is 32.0 Å². The molecular formula is C18H24O3. The monoisotopic (exact) mass is 288 g/mol. The van der Waals surface area contributed by atoms with Crippen molar-refractivity contribution in [3.8, 4) is 0 Å². The number of carbonyl (C=O) groups excluding carboxylic acids is 2. The predicted molar refractivity (Wildman–Crippen MR) is 82.4 cm³/mol. The second-order valence-electron chi connectivity index (χ2n) is 5.68. The van der Waals surface area contributed by atoms with Crippen molar-refractivity contribution in [1.82, 2.24) is 0 Å². The van der Waals surface area contributed by atoms with Crippen molar-refractivity contribution >= 4 is 11.8 Å². The van der Waals surface area contributed by atoms with Gasteiger partial charge in [0.1, 0.15) is 0 Å². The first kappa shape index (κ1) is 15.7. The molecule has 114 valence electrons. The molecule has 1 aliphatic rings. The Hall–Kier alpha value is -1.64. The summed E-state index contributed by atoms with van der Waals surface area (Å²) in [5.74, 6) is 0.128. The molecule has 0 amide bonds. The van der Waals surface area contributed by atoms with Crippen LogP contribution in [0.4, 0.5) is 0 Å². The number of ether oxygens (including phenoxy) is 1. The normalized spacial score (nSPS) is 18.4. The summed E-state index contributed by atoms with van der Waals surface area (Å²) in [6.45, 7) is 6.31. The quantitative estimate of drug-likeness (QED) is 0.751. The van der Waals surface area contributed by atoms with Crippen molar-refractivity contribution in [3.63, 3.8) is 0 Å². The Labute approximate surface area is 126 Å². The molecule has 0 aliphatic heterocycles. The standard InChI is InChI=1S/C18H24O3/c1-4-12-11-16-14(8-7-9-15(16)17(12)19)10-13(5-2)18(20)21-6-3/h7-9,12-13H,4-6,10-11H2,1-3H3. The molecule has 0 spiro atoms. The van der Waals surface area contributed by atoms with Gasteiger partial charge in [0.15, 0.2) is 5.78 Å². The minimum atomic E-state index is -0.131. The molecule has 3 nitrogen and oxygen atoms in total. The van der Waals surface area contributed by atoms with Gasteiger partial charge in [-0.15, -0.1) is 0 Å². The molecule has 0 radical (unpaired) electrons. The lowest BCUT2D eigenvalue weighted by Gasteiger charge is -2.15. The predicted octanol–water partition coefficient (Wildman–Crippen LogP) is 3.58. The van der Waals surface area contributed by atoms with Crippen LogP contribution in [-0.2, 0) is 22.4 Å². The maximum atomic E-state index is 12.3. The Kier molecular flexibility index (Phi) is 5.16. The Morgan fingerprint density at radius 1 is 1.33 bits per heavy atom. The highest BCUT2D eigenvalue weighted by Gasteiger charge is 2.31. The van der Waals surface area contributed by atoms with Crippen molar-refractivity contribution in [2.75, 3.05) is 6.61 Å². The van der Waals surface area contributed by atoms with Gasteiger partial charge in [0.05, 0.1) is 12.5 Å². The Morgan fingerprint density at radius 3 is 2.71 bits per heavy atom. The number of benzene rings is 1. The number of Topliss-reactive ketones (excluding diaryl/α,β-unsaturated/α-hetero) is 1. The molecule has 0 aromatic heterocycles. The summed E-state index contributed by atoms with van der Waals surface area (Å²) in [7, 11) is 0. The van der Waals surface area contributed by atoms with Crippen molar-refractivity contribution in [2.45, 2.75) is 46.5 Å². The highest BCUT2D eigenvalue weighted by Crippen LogP contribution is 2.32. The zero-order valence-corrected chi connectivity index (χ0v) is 13.1. The van der Waals surface area contributed by atoms with Crippen LogP contribution in [0.5, 0.6) is 0 Å². The molecule has 2 unspecified atom stereocenters. The third-order valence-corrected chi connectivity index (χ3v) is 4.43. The second kappa shape index (κ2) is 6.88. The molecule has 0 fully saturated rings. The van der Waals surface area contributed by atoms with Gasteiger partial charge >= 0.3 is 5.97 Å². The van der Waals surface area contributed by atoms with Crippen LogP contribution >= 0.6 is 0 Å². The van der Waals surface area contributed by atoms with E-state index in [0.717, 1.165) is 36.0 Å². The highest BCUT2D eigenvalue weighted by atomic mass is 16.5. The Morgan fingerprint density at radius 2 is 2.10 bits per heavy atom. The molecule has 0 bridgehead atoms. The first-order valence-electron chi connectivity index (χ1n) is 7.93. The number of esters is 1. The lowest BCUT2D eigenvalue weighted by atomic mass is 9.92. The molecule has 0 saturated heterocycles. The van der Waals surface area contributed by atoms with Crippen LogP contribution < -0.4 is 0 Å². The summed E-state index contributed by atoms with van der Waals surface area (Å²) in [6.07, 6.45) is 3.12. The SMILES string of the molecule is CCOC(=O)C(CC)Cc1cccc2c1CC(CC)C2=O. The van der Waals surface area contributed by atoms with E-state index < -0.39 is 0 Å². The lowest BCUT2D eigenvalue weighted by molar-refractivity contribution is -0.148. The lowest BCUT2D eigenvalue weighted by Crippen LogP contribution is -2.20. The van der Waals surface area contributed by atoms with E-state index in [9.17, 15) is 9.59 Å². The van der Waals surface area contributed by atoms with Crippen molar-refractivity contribution < 1.29 is 14.3 Å². The molecule has 1 aromatic rings. The van der Waals surface area contributed by atoms with E-state index in [1.165, 1.54) is 0 Å². The molecule has 0 N–H and O–H groups in total. The summed E-state index contributed by atoms with van der Waals surface area (Å²) < 4.78 is 5.14. The Balaban J connectivity index is 2.23. The number of hydrogen-bond acceptors (Lipinski definition) is 3. The Bertz CT molecular complexity index is 533. The van der Waals surface area contributed by atoms with Gasteiger partial charge in [-0.25, -0.2) is 0 Å². The van der Waals surface area contributed by atoms with E-state index in [-0.39, 0.29) is 23.6 Å². The fraction of sp³-hybridized carbons (Fsp3) is 0.556. The average Bonchev–Trinajstić information content (AvgIpc) is 2.82. The van der Waals surface area contributed by atoms with E-state index in [1.54, 1.807) is 0 Å². The average molecular weight is 288 g/mol.